The van der Waals surface area contributed by atoms with Crippen LogP contribution in [0.25, 0.3) is 0 Å². The molecule has 1 aromatic rings. The summed E-state index contributed by atoms with van der Waals surface area (Å²) in [5.41, 5.74) is 0.703. The first-order valence-electron chi connectivity index (χ1n) is 4.36. The maximum Gasteiger partial charge on any atom is 0.229 e. The van der Waals surface area contributed by atoms with Crippen molar-refractivity contribution in [3.8, 4) is 0 Å². The van der Waals surface area contributed by atoms with E-state index < -0.39 is 14.2 Å². The molecule has 82 valence electrons. The van der Waals surface area contributed by atoms with Crippen LogP contribution in [0.2, 0.25) is 0 Å². The molecular formula is C10H12BrNO2S. The molecule has 1 unspecified atom stereocenters. The van der Waals surface area contributed by atoms with E-state index in [-0.39, 0.29) is 6.54 Å². The van der Waals surface area contributed by atoms with E-state index in [2.05, 4.69) is 27.2 Å². The lowest BCUT2D eigenvalue weighted by Crippen LogP contribution is -2.26. The van der Waals surface area contributed by atoms with E-state index in [1.54, 1.807) is 24.3 Å². The van der Waals surface area contributed by atoms with Crippen LogP contribution in [0.3, 0.4) is 0 Å². The number of hydrogen-bond acceptors (Lipinski definition) is 2. The van der Waals surface area contributed by atoms with E-state index >= 15 is 0 Å². The van der Waals surface area contributed by atoms with Crippen LogP contribution in [0.1, 0.15) is 9.72 Å². The van der Waals surface area contributed by atoms with Crippen LogP contribution in [0.4, 0.5) is 0 Å². The molecule has 1 aromatic carbocycles. The monoisotopic (exact) mass is 289 g/mol. The first-order chi connectivity index (χ1) is 7.08. The molecule has 0 spiro atoms. The number of nitrogens with one attached hydrogen (secondary N) is 1. The van der Waals surface area contributed by atoms with Crippen molar-refractivity contribution >= 4 is 26.0 Å². The van der Waals surface area contributed by atoms with Crippen molar-refractivity contribution in [3.63, 3.8) is 0 Å². The van der Waals surface area contributed by atoms with Crippen LogP contribution < -0.4 is 4.72 Å². The zero-order valence-corrected chi connectivity index (χ0v) is 10.5. The Hall–Kier alpha value is -0.650. The minimum Gasteiger partial charge on any atom is -0.211 e. The molecule has 0 aromatic heterocycles. The fourth-order valence-corrected chi connectivity index (χ4v) is 2.75. The minimum absolute atomic E-state index is 0.233. The number of alkyl halides is 1. The van der Waals surface area contributed by atoms with Crippen molar-refractivity contribution in [2.75, 3.05) is 6.54 Å². The Morgan fingerprint density at radius 3 is 2.53 bits per heavy atom. The fraction of sp³-hybridized carbons (Fsp3) is 0.200. The molecule has 15 heavy (non-hydrogen) atoms. The van der Waals surface area contributed by atoms with Gasteiger partial charge in [-0.05, 0) is 5.56 Å². The van der Waals surface area contributed by atoms with Gasteiger partial charge in [0.15, 0.2) is 4.16 Å². The van der Waals surface area contributed by atoms with Gasteiger partial charge in [-0.2, -0.15) is 0 Å². The Balaban J connectivity index is 2.85. The molecule has 0 heterocycles. The zero-order chi connectivity index (χ0) is 11.3. The van der Waals surface area contributed by atoms with E-state index in [9.17, 15) is 8.42 Å². The summed E-state index contributed by atoms with van der Waals surface area (Å²) < 4.78 is 25.1. The Bertz CT molecular complexity index is 416. The third kappa shape index (κ3) is 3.44. The predicted molar refractivity (Wildman–Crippen MR) is 65.2 cm³/mol. The lowest BCUT2D eigenvalue weighted by atomic mass is 10.2. The molecule has 0 saturated heterocycles. The van der Waals surface area contributed by atoms with Gasteiger partial charge in [0.2, 0.25) is 10.0 Å². The van der Waals surface area contributed by atoms with Crippen LogP contribution in [0.5, 0.6) is 0 Å². The summed E-state index contributed by atoms with van der Waals surface area (Å²) in [6.45, 7) is 3.69. The lowest BCUT2D eigenvalue weighted by Gasteiger charge is -2.11. The molecule has 1 atom stereocenters. The van der Waals surface area contributed by atoms with Gasteiger partial charge in [0.05, 0.1) is 0 Å². The van der Waals surface area contributed by atoms with E-state index in [0.29, 0.717) is 5.56 Å². The Kier molecular flexibility index (Phi) is 4.50. The van der Waals surface area contributed by atoms with Gasteiger partial charge in [-0.25, -0.2) is 13.1 Å². The maximum atomic E-state index is 11.7. The fourth-order valence-electron chi connectivity index (χ4n) is 1.03. The molecule has 0 aliphatic rings. The van der Waals surface area contributed by atoms with Crippen molar-refractivity contribution in [2.24, 2.45) is 0 Å². The molecule has 0 aliphatic heterocycles. The molecule has 3 nitrogen and oxygen atoms in total. The van der Waals surface area contributed by atoms with E-state index in [0.717, 1.165) is 0 Å². The number of benzene rings is 1. The summed E-state index contributed by atoms with van der Waals surface area (Å²) in [7, 11) is -3.38. The van der Waals surface area contributed by atoms with Gasteiger partial charge in [0.1, 0.15) is 0 Å². The van der Waals surface area contributed by atoms with E-state index in [1.165, 1.54) is 6.08 Å². The van der Waals surface area contributed by atoms with Crippen LogP contribution in [-0.2, 0) is 10.0 Å². The van der Waals surface area contributed by atoms with Crippen molar-refractivity contribution in [2.45, 2.75) is 4.16 Å². The standard InChI is InChI=1S/C10H12BrNO2S/c1-2-8-12-15(13,14)10(11)9-6-4-3-5-7-9/h2-7,10,12H,1,8H2. The van der Waals surface area contributed by atoms with Crippen molar-refractivity contribution in [1.29, 1.82) is 0 Å². The van der Waals surface area contributed by atoms with Gasteiger partial charge in [-0.15, -0.1) is 6.58 Å². The van der Waals surface area contributed by atoms with Gasteiger partial charge < -0.3 is 0 Å². The smallest absolute Gasteiger partial charge is 0.211 e. The number of hydrogen-bond donors (Lipinski definition) is 1. The normalized spacial score (nSPS) is 13.4. The summed E-state index contributed by atoms with van der Waals surface area (Å²) >= 11 is 3.15. The summed E-state index contributed by atoms with van der Waals surface area (Å²) in [5.74, 6) is 0. The molecule has 1 N–H and O–H groups in total. The Morgan fingerprint density at radius 1 is 1.40 bits per heavy atom. The quantitative estimate of drug-likeness (QED) is 0.667. The SMILES string of the molecule is C=CCNS(=O)(=O)C(Br)c1ccccc1. The third-order valence-corrected chi connectivity index (χ3v) is 5.15. The molecule has 0 aliphatic carbocycles. The van der Waals surface area contributed by atoms with Crippen molar-refractivity contribution in [1.82, 2.24) is 4.72 Å². The molecule has 0 radical (unpaired) electrons. The highest BCUT2D eigenvalue weighted by atomic mass is 79.9. The largest absolute Gasteiger partial charge is 0.229 e. The zero-order valence-electron chi connectivity index (χ0n) is 8.06. The van der Waals surface area contributed by atoms with Crippen LogP contribution >= 0.6 is 15.9 Å². The highest BCUT2D eigenvalue weighted by Gasteiger charge is 2.22. The highest BCUT2D eigenvalue weighted by molar-refractivity contribution is 9.10. The predicted octanol–water partition coefficient (Wildman–Crippen LogP) is 2.19. The van der Waals surface area contributed by atoms with Gasteiger partial charge >= 0.3 is 0 Å². The second-order valence-electron chi connectivity index (χ2n) is 2.91. The van der Waals surface area contributed by atoms with Crippen molar-refractivity contribution in [3.05, 3.63) is 48.6 Å². The topological polar surface area (TPSA) is 46.2 Å². The maximum absolute atomic E-state index is 11.7. The molecule has 5 heteroatoms. The first-order valence-corrected chi connectivity index (χ1v) is 6.82. The summed E-state index contributed by atoms with van der Waals surface area (Å²) in [6, 6.07) is 8.95. The van der Waals surface area contributed by atoms with Gasteiger partial charge in [-0.1, -0.05) is 52.3 Å². The Labute approximate surface area is 98.4 Å². The highest BCUT2D eigenvalue weighted by Crippen LogP contribution is 2.27. The molecule has 0 amide bonds. The molecule has 0 saturated carbocycles. The average Bonchev–Trinajstić information content (AvgIpc) is 2.26. The third-order valence-electron chi connectivity index (χ3n) is 1.76. The minimum atomic E-state index is -3.38. The van der Waals surface area contributed by atoms with Crippen molar-refractivity contribution < 1.29 is 8.42 Å². The summed E-state index contributed by atoms with van der Waals surface area (Å²) in [4.78, 5) is 0. The summed E-state index contributed by atoms with van der Waals surface area (Å²) in [6.07, 6.45) is 1.50. The average molecular weight is 290 g/mol. The molecule has 0 fully saturated rings. The Morgan fingerprint density at radius 2 is 2.00 bits per heavy atom. The molecule has 0 bridgehead atoms. The van der Waals surface area contributed by atoms with Crippen LogP contribution in [0.15, 0.2) is 43.0 Å². The number of rotatable bonds is 5. The van der Waals surface area contributed by atoms with Gasteiger partial charge in [0.25, 0.3) is 0 Å². The van der Waals surface area contributed by atoms with Gasteiger partial charge in [-0.3, -0.25) is 0 Å². The number of sulfonamides is 1. The first kappa shape index (κ1) is 12.4. The molecule has 1 rings (SSSR count). The number of halogens is 1. The van der Waals surface area contributed by atoms with E-state index in [4.69, 9.17) is 0 Å². The second-order valence-corrected chi connectivity index (χ2v) is 6.28. The van der Waals surface area contributed by atoms with Crippen LogP contribution in [-0.4, -0.2) is 15.0 Å². The lowest BCUT2D eigenvalue weighted by molar-refractivity contribution is 0.584. The summed E-state index contributed by atoms with van der Waals surface area (Å²) in [5, 5.41) is 0. The molecular weight excluding hydrogens is 278 g/mol. The van der Waals surface area contributed by atoms with Crippen LogP contribution in [0, 0.1) is 0 Å². The second kappa shape index (κ2) is 5.44. The van der Waals surface area contributed by atoms with Gasteiger partial charge in [0, 0.05) is 6.54 Å². The van der Waals surface area contributed by atoms with E-state index in [1.807, 2.05) is 6.07 Å².